The summed E-state index contributed by atoms with van der Waals surface area (Å²) in [7, 11) is 0. The second-order valence-corrected chi connectivity index (χ2v) is 6.08. The lowest BCUT2D eigenvalue weighted by molar-refractivity contribution is 0.218. The second-order valence-electron chi connectivity index (χ2n) is 5.67. The van der Waals surface area contributed by atoms with Crippen molar-refractivity contribution in [3.63, 3.8) is 0 Å². The third-order valence-corrected chi connectivity index (χ3v) is 4.38. The highest BCUT2D eigenvalue weighted by molar-refractivity contribution is 6.32. The summed E-state index contributed by atoms with van der Waals surface area (Å²) in [5, 5.41) is 10.7. The van der Waals surface area contributed by atoms with E-state index >= 15 is 0 Å². The van der Waals surface area contributed by atoms with Crippen molar-refractivity contribution in [2.75, 3.05) is 13.1 Å². The first-order valence-electron chi connectivity index (χ1n) is 7.53. The molecule has 0 atom stereocenters. The molecule has 1 heterocycles. The summed E-state index contributed by atoms with van der Waals surface area (Å²) in [6, 6.07) is 14.1. The summed E-state index contributed by atoms with van der Waals surface area (Å²) in [5.41, 5.74) is 3.10. The van der Waals surface area contributed by atoms with Crippen LogP contribution in [-0.2, 0) is 6.54 Å². The van der Waals surface area contributed by atoms with E-state index in [0.29, 0.717) is 5.02 Å². The van der Waals surface area contributed by atoms with Crippen molar-refractivity contribution >= 4 is 11.6 Å². The van der Waals surface area contributed by atoms with E-state index in [2.05, 4.69) is 23.1 Å². The first kappa shape index (κ1) is 14.4. The smallest absolute Gasteiger partial charge is 0.138 e. The molecule has 0 spiro atoms. The van der Waals surface area contributed by atoms with Gasteiger partial charge in [0.15, 0.2) is 0 Å². The van der Waals surface area contributed by atoms with Gasteiger partial charge in [-0.05, 0) is 49.2 Å². The molecule has 0 unspecified atom stereocenters. The number of likely N-dealkylation sites (tertiary alicyclic amines) is 1. The van der Waals surface area contributed by atoms with Crippen LogP contribution in [0.25, 0.3) is 11.1 Å². The lowest BCUT2D eigenvalue weighted by atomic mass is 10.0. The fraction of sp³-hybridized carbons (Fsp3) is 0.333. The summed E-state index contributed by atoms with van der Waals surface area (Å²) in [6.07, 6.45) is 3.80. The molecule has 2 aromatic carbocycles. The number of rotatable bonds is 3. The number of hydrogen-bond acceptors (Lipinski definition) is 2. The van der Waals surface area contributed by atoms with Gasteiger partial charge in [0.05, 0.1) is 5.02 Å². The Bertz CT molecular complexity index is 606. The van der Waals surface area contributed by atoms with Gasteiger partial charge in [-0.1, -0.05) is 48.4 Å². The standard InChI is InChI=1S/C18H20ClNO/c19-17-12-15(14-7-3-1-4-8-14)11-16(18(17)21)13-20-9-5-2-6-10-20/h1,3-4,7-8,11-12,21H,2,5-6,9-10,13H2. The minimum Gasteiger partial charge on any atom is -0.506 e. The fourth-order valence-corrected chi connectivity index (χ4v) is 3.17. The Morgan fingerprint density at radius 3 is 2.38 bits per heavy atom. The topological polar surface area (TPSA) is 23.5 Å². The van der Waals surface area contributed by atoms with Gasteiger partial charge in [0, 0.05) is 12.1 Å². The lowest BCUT2D eigenvalue weighted by Gasteiger charge is -2.27. The molecule has 0 saturated carbocycles. The van der Waals surface area contributed by atoms with Crippen LogP contribution >= 0.6 is 11.6 Å². The maximum atomic E-state index is 10.2. The van der Waals surface area contributed by atoms with Crippen LogP contribution in [0.3, 0.4) is 0 Å². The third-order valence-electron chi connectivity index (χ3n) is 4.09. The highest BCUT2D eigenvalue weighted by atomic mass is 35.5. The Labute approximate surface area is 131 Å². The van der Waals surface area contributed by atoms with Gasteiger partial charge in [0.1, 0.15) is 5.75 Å². The molecule has 2 nitrogen and oxygen atoms in total. The zero-order valence-corrected chi connectivity index (χ0v) is 12.8. The minimum absolute atomic E-state index is 0.224. The number of benzene rings is 2. The zero-order chi connectivity index (χ0) is 14.7. The molecule has 21 heavy (non-hydrogen) atoms. The quantitative estimate of drug-likeness (QED) is 0.888. The molecule has 2 aromatic rings. The van der Waals surface area contributed by atoms with Gasteiger partial charge >= 0.3 is 0 Å². The number of phenolic OH excluding ortho intramolecular Hbond substituents is 1. The maximum absolute atomic E-state index is 10.2. The van der Waals surface area contributed by atoms with Crippen LogP contribution in [0.2, 0.25) is 5.02 Å². The summed E-state index contributed by atoms with van der Waals surface area (Å²) in [5.74, 6) is 0.224. The molecule has 0 radical (unpaired) electrons. The molecular weight excluding hydrogens is 282 g/mol. The number of phenols is 1. The molecule has 3 rings (SSSR count). The highest BCUT2D eigenvalue weighted by Crippen LogP contribution is 2.34. The Hall–Kier alpha value is -1.51. The van der Waals surface area contributed by atoms with E-state index in [9.17, 15) is 5.11 Å². The van der Waals surface area contributed by atoms with E-state index < -0.39 is 0 Å². The molecule has 1 fully saturated rings. The molecule has 1 N–H and O–H groups in total. The van der Waals surface area contributed by atoms with E-state index in [-0.39, 0.29) is 5.75 Å². The Morgan fingerprint density at radius 2 is 1.67 bits per heavy atom. The monoisotopic (exact) mass is 301 g/mol. The summed E-state index contributed by atoms with van der Waals surface area (Å²) in [4.78, 5) is 2.39. The summed E-state index contributed by atoms with van der Waals surface area (Å²) in [6.45, 7) is 2.98. The minimum atomic E-state index is 0.224. The van der Waals surface area contributed by atoms with E-state index in [1.54, 1.807) is 0 Å². The Kier molecular flexibility index (Phi) is 4.47. The van der Waals surface area contributed by atoms with Crippen LogP contribution in [0, 0.1) is 0 Å². The molecule has 1 aliphatic rings. The molecule has 0 aromatic heterocycles. The van der Waals surface area contributed by atoms with Crippen LogP contribution in [0.1, 0.15) is 24.8 Å². The largest absolute Gasteiger partial charge is 0.506 e. The zero-order valence-electron chi connectivity index (χ0n) is 12.1. The first-order chi connectivity index (χ1) is 10.2. The molecule has 110 valence electrons. The van der Waals surface area contributed by atoms with Crippen LogP contribution in [0.4, 0.5) is 0 Å². The number of hydrogen-bond donors (Lipinski definition) is 1. The predicted octanol–water partition coefficient (Wildman–Crippen LogP) is 4.70. The van der Waals surface area contributed by atoms with E-state index in [0.717, 1.165) is 36.3 Å². The SMILES string of the molecule is Oc1c(Cl)cc(-c2ccccc2)cc1CN1CCCCC1. The van der Waals surface area contributed by atoms with E-state index in [1.165, 1.54) is 19.3 Å². The van der Waals surface area contributed by atoms with Gasteiger partial charge < -0.3 is 5.11 Å². The predicted molar refractivity (Wildman–Crippen MR) is 87.7 cm³/mol. The highest BCUT2D eigenvalue weighted by Gasteiger charge is 2.15. The van der Waals surface area contributed by atoms with Crippen molar-refractivity contribution in [3.8, 4) is 16.9 Å². The number of piperidine rings is 1. The van der Waals surface area contributed by atoms with Crippen LogP contribution in [0.5, 0.6) is 5.75 Å². The fourth-order valence-electron chi connectivity index (χ4n) is 2.93. The van der Waals surface area contributed by atoms with Crippen LogP contribution < -0.4 is 0 Å². The molecule has 0 bridgehead atoms. The summed E-state index contributed by atoms with van der Waals surface area (Å²) >= 11 is 6.22. The van der Waals surface area contributed by atoms with Crippen molar-refractivity contribution in [1.29, 1.82) is 0 Å². The van der Waals surface area contributed by atoms with Gasteiger partial charge in [0.2, 0.25) is 0 Å². The van der Waals surface area contributed by atoms with Crippen LogP contribution in [-0.4, -0.2) is 23.1 Å². The summed E-state index contributed by atoms with van der Waals surface area (Å²) < 4.78 is 0. The van der Waals surface area contributed by atoms with Crippen molar-refractivity contribution in [2.24, 2.45) is 0 Å². The third kappa shape index (κ3) is 3.39. The van der Waals surface area contributed by atoms with E-state index in [4.69, 9.17) is 11.6 Å². The normalized spacial score (nSPS) is 16.0. The average molecular weight is 302 g/mol. The van der Waals surface area contributed by atoms with Gasteiger partial charge in [-0.3, -0.25) is 4.90 Å². The average Bonchev–Trinajstić information content (AvgIpc) is 2.53. The van der Waals surface area contributed by atoms with Crippen molar-refractivity contribution in [3.05, 3.63) is 53.1 Å². The van der Waals surface area contributed by atoms with Gasteiger partial charge in [0.25, 0.3) is 0 Å². The van der Waals surface area contributed by atoms with Crippen molar-refractivity contribution in [1.82, 2.24) is 4.90 Å². The van der Waals surface area contributed by atoms with Gasteiger partial charge in [-0.25, -0.2) is 0 Å². The van der Waals surface area contributed by atoms with Crippen LogP contribution in [0.15, 0.2) is 42.5 Å². The van der Waals surface area contributed by atoms with Crippen molar-refractivity contribution in [2.45, 2.75) is 25.8 Å². The van der Waals surface area contributed by atoms with Gasteiger partial charge in [-0.15, -0.1) is 0 Å². The molecular formula is C18H20ClNO. The molecule has 3 heteroatoms. The molecule has 0 amide bonds. The molecule has 1 aliphatic heterocycles. The Balaban J connectivity index is 1.90. The second kappa shape index (κ2) is 6.50. The van der Waals surface area contributed by atoms with Gasteiger partial charge in [-0.2, -0.15) is 0 Å². The maximum Gasteiger partial charge on any atom is 0.138 e. The Morgan fingerprint density at radius 1 is 0.952 bits per heavy atom. The number of nitrogens with zero attached hydrogens (tertiary/aromatic N) is 1. The molecule has 1 saturated heterocycles. The van der Waals surface area contributed by atoms with E-state index in [1.807, 2.05) is 24.3 Å². The number of aromatic hydroxyl groups is 1. The number of halogens is 1. The first-order valence-corrected chi connectivity index (χ1v) is 7.91. The lowest BCUT2D eigenvalue weighted by Crippen LogP contribution is -2.29. The van der Waals surface area contributed by atoms with Crippen molar-refractivity contribution < 1.29 is 5.11 Å². The molecule has 0 aliphatic carbocycles.